The molecule has 92 valence electrons. The summed E-state index contributed by atoms with van der Waals surface area (Å²) in [5.74, 6) is -2.66. The van der Waals surface area contributed by atoms with Gasteiger partial charge in [0, 0.05) is 0 Å². The lowest BCUT2D eigenvalue weighted by Gasteiger charge is -2.04. The summed E-state index contributed by atoms with van der Waals surface area (Å²) in [6, 6.07) is 2.73. The van der Waals surface area contributed by atoms with E-state index in [1.165, 1.54) is 6.08 Å². The summed E-state index contributed by atoms with van der Waals surface area (Å²) in [5.41, 5.74) is -0.285. The Labute approximate surface area is 98.3 Å². The number of allylic oxidation sites excluding steroid dienone is 1. The second kappa shape index (κ2) is 5.09. The van der Waals surface area contributed by atoms with Gasteiger partial charge in [0.15, 0.2) is 9.84 Å². The van der Waals surface area contributed by atoms with Crippen LogP contribution in [0.5, 0.6) is 0 Å². The van der Waals surface area contributed by atoms with E-state index < -0.39 is 26.5 Å². The third-order valence-electron chi connectivity index (χ3n) is 2.07. The van der Waals surface area contributed by atoms with Gasteiger partial charge >= 0.3 is 5.97 Å². The molecule has 0 radical (unpaired) electrons. The lowest BCUT2D eigenvalue weighted by Crippen LogP contribution is -2.08. The summed E-state index contributed by atoms with van der Waals surface area (Å²) in [5, 5.41) is 8.62. The molecule has 4 nitrogen and oxygen atoms in total. The maximum Gasteiger partial charge on any atom is 0.335 e. The predicted molar refractivity (Wildman–Crippen MR) is 60.2 cm³/mol. The number of sulfone groups is 1. The number of rotatable bonds is 4. The monoisotopic (exact) mass is 258 g/mol. The highest BCUT2D eigenvalue weighted by molar-refractivity contribution is 7.91. The van der Waals surface area contributed by atoms with E-state index in [4.69, 9.17) is 5.11 Å². The van der Waals surface area contributed by atoms with Gasteiger partial charge in [0.05, 0.1) is 11.3 Å². The Morgan fingerprint density at radius 2 is 2.12 bits per heavy atom. The van der Waals surface area contributed by atoms with Crippen LogP contribution < -0.4 is 0 Å². The highest BCUT2D eigenvalue weighted by Gasteiger charge is 2.19. The van der Waals surface area contributed by atoms with Crippen LogP contribution in [0.2, 0.25) is 0 Å². The summed E-state index contributed by atoms with van der Waals surface area (Å²) >= 11 is 0. The van der Waals surface area contributed by atoms with Crippen LogP contribution >= 0.6 is 0 Å². The smallest absolute Gasteiger partial charge is 0.335 e. The summed E-state index contributed by atoms with van der Waals surface area (Å²) in [4.78, 5) is 10.1. The molecule has 0 aromatic heterocycles. The Hall–Kier alpha value is -1.69. The fraction of sp³-hybridized carbons (Fsp3) is 0.182. The maximum absolute atomic E-state index is 13.5. The summed E-state index contributed by atoms with van der Waals surface area (Å²) in [7, 11) is -3.75. The minimum Gasteiger partial charge on any atom is -0.478 e. The first-order chi connectivity index (χ1) is 7.88. The van der Waals surface area contributed by atoms with Gasteiger partial charge in [0.1, 0.15) is 10.7 Å². The van der Waals surface area contributed by atoms with Crippen molar-refractivity contribution in [2.75, 3.05) is 5.75 Å². The number of carbonyl (C=O) groups is 1. The average Bonchev–Trinajstić information content (AvgIpc) is 2.25. The van der Waals surface area contributed by atoms with Gasteiger partial charge in [0.2, 0.25) is 0 Å². The zero-order chi connectivity index (χ0) is 13.1. The van der Waals surface area contributed by atoms with Gasteiger partial charge in [-0.25, -0.2) is 17.6 Å². The van der Waals surface area contributed by atoms with Gasteiger partial charge in [-0.3, -0.25) is 0 Å². The van der Waals surface area contributed by atoms with Crippen LogP contribution in [-0.4, -0.2) is 25.2 Å². The van der Waals surface area contributed by atoms with Crippen molar-refractivity contribution in [3.05, 3.63) is 41.7 Å². The van der Waals surface area contributed by atoms with Crippen molar-refractivity contribution in [1.29, 1.82) is 0 Å². The molecule has 0 unspecified atom stereocenters. The molecule has 0 spiro atoms. The van der Waals surface area contributed by atoms with Crippen molar-refractivity contribution >= 4 is 15.8 Å². The number of hydrogen-bond donors (Lipinski definition) is 1. The van der Waals surface area contributed by atoms with E-state index in [2.05, 4.69) is 0 Å². The molecular weight excluding hydrogens is 247 g/mol. The third kappa shape index (κ3) is 3.13. The van der Waals surface area contributed by atoms with Crippen LogP contribution in [0.1, 0.15) is 17.3 Å². The van der Waals surface area contributed by atoms with E-state index in [0.717, 1.165) is 12.1 Å². The minimum atomic E-state index is -3.75. The summed E-state index contributed by atoms with van der Waals surface area (Å²) in [6.07, 6.45) is 2.93. The second-order valence-corrected chi connectivity index (χ2v) is 5.30. The standard InChI is InChI=1S/C11H11FO4S/c1-2-3-6-17(15,16)10-5-4-8(11(13)14)7-9(10)12/h2-5,7H,6H2,1H3,(H,13,14). The molecule has 0 fully saturated rings. The Balaban J connectivity index is 3.21. The van der Waals surface area contributed by atoms with Crippen LogP contribution in [0, 0.1) is 5.82 Å². The molecule has 1 aromatic rings. The van der Waals surface area contributed by atoms with Crippen LogP contribution in [0.15, 0.2) is 35.2 Å². The first-order valence-electron chi connectivity index (χ1n) is 4.75. The van der Waals surface area contributed by atoms with E-state index in [9.17, 15) is 17.6 Å². The molecule has 0 heterocycles. The first-order valence-corrected chi connectivity index (χ1v) is 6.40. The number of hydrogen-bond acceptors (Lipinski definition) is 3. The molecule has 17 heavy (non-hydrogen) atoms. The molecule has 1 rings (SSSR count). The van der Waals surface area contributed by atoms with Gasteiger partial charge in [-0.1, -0.05) is 12.2 Å². The summed E-state index contributed by atoms with van der Waals surface area (Å²) < 4.78 is 36.8. The van der Waals surface area contributed by atoms with E-state index >= 15 is 0 Å². The van der Waals surface area contributed by atoms with Crippen molar-refractivity contribution in [3.8, 4) is 0 Å². The van der Waals surface area contributed by atoms with Crippen LogP contribution in [0.25, 0.3) is 0 Å². The molecule has 0 aliphatic heterocycles. The number of carboxylic acid groups (broad SMARTS) is 1. The van der Waals surface area contributed by atoms with Gasteiger partial charge in [-0.2, -0.15) is 0 Å². The van der Waals surface area contributed by atoms with E-state index in [1.54, 1.807) is 13.0 Å². The Kier molecular flexibility index (Phi) is 4.01. The lowest BCUT2D eigenvalue weighted by molar-refractivity contribution is 0.0696. The fourth-order valence-electron chi connectivity index (χ4n) is 1.20. The molecule has 1 N–H and O–H groups in total. The van der Waals surface area contributed by atoms with E-state index in [0.29, 0.717) is 6.07 Å². The number of halogens is 1. The largest absolute Gasteiger partial charge is 0.478 e. The number of carboxylic acids is 1. The number of benzene rings is 1. The Morgan fingerprint density at radius 1 is 1.47 bits per heavy atom. The number of aromatic carboxylic acids is 1. The van der Waals surface area contributed by atoms with Crippen molar-refractivity contribution in [2.45, 2.75) is 11.8 Å². The summed E-state index contributed by atoms with van der Waals surface area (Å²) in [6.45, 7) is 1.65. The van der Waals surface area contributed by atoms with Crippen LogP contribution in [-0.2, 0) is 9.84 Å². The minimum absolute atomic E-state index is 0.285. The second-order valence-electron chi connectivity index (χ2n) is 3.30. The molecule has 1 aromatic carbocycles. The molecule has 0 aliphatic rings. The zero-order valence-corrected chi connectivity index (χ0v) is 9.87. The molecule has 0 saturated heterocycles. The lowest BCUT2D eigenvalue weighted by atomic mass is 10.2. The van der Waals surface area contributed by atoms with E-state index in [1.807, 2.05) is 0 Å². The highest BCUT2D eigenvalue weighted by atomic mass is 32.2. The highest BCUT2D eigenvalue weighted by Crippen LogP contribution is 2.17. The third-order valence-corrected chi connectivity index (χ3v) is 3.70. The molecule has 6 heteroatoms. The Bertz CT molecular complexity index is 561. The normalized spacial score (nSPS) is 11.9. The average molecular weight is 258 g/mol. The topological polar surface area (TPSA) is 71.4 Å². The van der Waals surface area contributed by atoms with Gasteiger partial charge in [0.25, 0.3) is 0 Å². The van der Waals surface area contributed by atoms with Crippen molar-refractivity contribution in [1.82, 2.24) is 0 Å². The maximum atomic E-state index is 13.5. The molecular formula is C11H11FO4S. The van der Waals surface area contributed by atoms with Crippen LogP contribution in [0.4, 0.5) is 4.39 Å². The molecule has 0 atom stereocenters. The molecule has 0 amide bonds. The van der Waals surface area contributed by atoms with Crippen molar-refractivity contribution < 1.29 is 22.7 Å². The molecule has 0 saturated carbocycles. The quantitative estimate of drug-likeness (QED) is 0.837. The molecule has 0 aliphatic carbocycles. The first kappa shape index (κ1) is 13.4. The van der Waals surface area contributed by atoms with E-state index in [-0.39, 0.29) is 11.3 Å². The fourth-order valence-corrected chi connectivity index (χ4v) is 2.46. The van der Waals surface area contributed by atoms with Crippen LogP contribution in [0.3, 0.4) is 0 Å². The predicted octanol–water partition coefficient (Wildman–Crippen LogP) is 1.87. The van der Waals surface area contributed by atoms with Gasteiger partial charge in [-0.15, -0.1) is 0 Å². The Morgan fingerprint density at radius 3 is 2.59 bits per heavy atom. The van der Waals surface area contributed by atoms with Gasteiger partial charge in [-0.05, 0) is 25.1 Å². The molecule has 0 bridgehead atoms. The SMILES string of the molecule is CC=CCS(=O)(=O)c1ccc(C(=O)O)cc1F. The van der Waals surface area contributed by atoms with Crippen molar-refractivity contribution in [3.63, 3.8) is 0 Å². The van der Waals surface area contributed by atoms with Gasteiger partial charge < -0.3 is 5.11 Å². The van der Waals surface area contributed by atoms with Crippen molar-refractivity contribution in [2.24, 2.45) is 0 Å². The zero-order valence-electron chi connectivity index (χ0n) is 9.05.